The molecule has 6 nitrogen and oxygen atoms in total. The van der Waals surface area contributed by atoms with Gasteiger partial charge >= 0.3 is 0 Å². The van der Waals surface area contributed by atoms with E-state index in [4.69, 9.17) is 21.3 Å². The standard InChI is InChI=1S/C20H22ClN5O/c1-12(2)9-25-14(4)13(3)18-19(25)22-11-26-20(18)23-17(24-26)10-27-16-7-5-15(21)6-8-16/h5-8,11-12H,9-10H2,1-4H3. The first-order valence-electron chi connectivity index (χ1n) is 9.02. The van der Waals surface area contributed by atoms with Crippen molar-refractivity contribution in [3.63, 3.8) is 0 Å². The minimum atomic E-state index is 0.287. The fraction of sp³-hybridized carbons (Fsp3) is 0.350. The number of benzene rings is 1. The Balaban J connectivity index is 1.71. The van der Waals surface area contributed by atoms with Gasteiger partial charge in [0.25, 0.3) is 0 Å². The van der Waals surface area contributed by atoms with Crippen molar-refractivity contribution in [1.29, 1.82) is 0 Å². The van der Waals surface area contributed by atoms with Gasteiger partial charge in [0.05, 0.1) is 5.39 Å². The lowest BCUT2D eigenvalue weighted by Gasteiger charge is -2.10. The van der Waals surface area contributed by atoms with Gasteiger partial charge in [-0.25, -0.2) is 14.5 Å². The van der Waals surface area contributed by atoms with E-state index in [1.54, 1.807) is 23.0 Å². The first-order valence-corrected chi connectivity index (χ1v) is 9.40. The summed E-state index contributed by atoms with van der Waals surface area (Å²) >= 11 is 5.91. The Morgan fingerprint density at radius 2 is 1.85 bits per heavy atom. The fourth-order valence-electron chi connectivity index (χ4n) is 3.30. The van der Waals surface area contributed by atoms with Crippen LogP contribution >= 0.6 is 11.6 Å². The molecule has 0 atom stereocenters. The number of aromatic nitrogens is 5. The van der Waals surface area contributed by atoms with Crippen molar-refractivity contribution in [3.05, 3.63) is 52.7 Å². The molecule has 7 heteroatoms. The lowest BCUT2D eigenvalue weighted by Crippen LogP contribution is -2.07. The number of halogens is 1. The number of ether oxygens (including phenoxy) is 1. The Bertz CT molecular complexity index is 1110. The predicted molar refractivity (Wildman–Crippen MR) is 106 cm³/mol. The van der Waals surface area contributed by atoms with Crippen molar-refractivity contribution < 1.29 is 4.74 Å². The van der Waals surface area contributed by atoms with E-state index in [0.717, 1.165) is 29.0 Å². The smallest absolute Gasteiger partial charge is 0.189 e. The van der Waals surface area contributed by atoms with Gasteiger partial charge in [-0.15, -0.1) is 5.10 Å². The zero-order chi connectivity index (χ0) is 19.1. The van der Waals surface area contributed by atoms with Crippen LogP contribution in [-0.2, 0) is 13.2 Å². The molecule has 0 fully saturated rings. The van der Waals surface area contributed by atoms with Crippen molar-refractivity contribution in [1.82, 2.24) is 24.1 Å². The van der Waals surface area contributed by atoms with Gasteiger partial charge in [-0.2, -0.15) is 0 Å². The summed E-state index contributed by atoms with van der Waals surface area (Å²) in [5.41, 5.74) is 4.20. The Hall–Kier alpha value is -2.60. The quantitative estimate of drug-likeness (QED) is 0.506. The summed E-state index contributed by atoms with van der Waals surface area (Å²) in [6, 6.07) is 7.25. The summed E-state index contributed by atoms with van der Waals surface area (Å²) < 4.78 is 9.78. The second-order valence-corrected chi connectivity index (χ2v) is 7.63. The molecular formula is C20H22ClN5O. The molecule has 0 saturated heterocycles. The SMILES string of the molecule is Cc1c(C)n(CC(C)C)c2ncn3nc(COc4ccc(Cl)cc4)nc3c12. The molecule has 0 bridgehead atoms. The van der Waals surface area contributed by atoms with Crippen LogP contribution in [0.4, 0.5) is 0 Å². The van der Waals surface area contributed by atoms with Crippen molar-refractivity contribution in [2.24, 2.45) is 5.92 Å². The number of fused-ring (bicyclic) bond motifs is 3. The number of aryl methyl sites for hydroxylation is 1. The molecule has 27 heavy (non-hydrogen) atoms. The monoisotopic (exact) mass is 383 g/mol. The van der Waals surface area contributed by atoms with E-state index < -0.39 is 0 Å². The average molecular weight is 384 g/mol. The minimum Gasteiger partial charge on any atom is -0.486 e. The Kier molecular flexibility index (Phi) is 4.52. The maximum atomic E-state index is 5.91. The van der Waals surface area contributed by atoms with Gasteiger partial charge < -0.3 is 9.30 Å². The second-order valence-electron chi connectivity index (χ2n) is 7.20. The van der Waals surface area contributed by atoms with Crippen LogP contribution in [0.2, 0.25) is 5.02 Å². The molecule has 0 aliphatic carbocycles. The first-order chi connectivity index (χ1) is 12.9. The van der Waals surface area contributed by atoms with Gasteiger partial charge in [0.1, 0.15) is 24.3 Å². The maximum Gasteiger partial charge on any atom is 0.189 e. The van der Waals surface area contributed by atoms with E-state index in [0.29, 0.717) is 16.8 Å². The van der Waals surface area contributed by atoms with Gasteiger partial charge in [0, 0.05) is 17.3 Å². The first kappa shape index (κ1) is 17.8. The van der Waals surface area contributed by atoms with Crippen molar-refractivity contribution >= 4 is 28.3 Å². The molecular weight excluding hydrogens is 362 g/mol. The molecule has 0 aliphatic heterocycles. The largest absolute Gasteiger partial charge is 0.486 e. The molecule has 0 amide bonds. The van der Waals surface area contributed by atoms with E-state index in [1.807, 2.05) is 12.1 Å². The summed E-state index contributed by atoms with van der Waals surface area (Å²) in [6.45, 7) is 9.89. The molecule has 3 heterocycles. The number of hydrogen-bond acceptors (Lipinski definition) is 4. The van der Waals surface area contributed by atoms with Crippen molar-refractivity contribution in [3.8, 4) is 5.75 Å². The van der Waals surface area contributed by atoms with Gasteiger partial charge in [-0.1, -0.05) is 25.4 Å². The molecule has 3 aromatic heterocycles. The topological polar surface area (TPSA) is 57.2 Å². The number of hydrogen-bond donors (Lipinski definition) is 0. The third-order valence-electron chi connectivity index (χ3n) is 4.72. The molecule has 0 N–H and O–H groups in total. The van der Waals surface area contributed by atoms with Crippen LogP contribution in [-0.4, -0.2) is 24.1 Å². The van der Waals surface area contributed by atoms with Crippen LogP contribution < -0.4 is 4.74 Å². The summed E-state index contributed by atoms with van der Waals surface area (Å²) in [5.74, 6) is 1.89. The van der Waals surface area contributed by atoms with E-state index in [-0.39, 0.29) is 6.61 Å². The van der Waals surface area contributed by atoms with Crippen molar-refractivity contribution in [2.75, 3.05) is 0 Å². The molecule has 0 unspecified atom stereocenters. The van der Waals surface area contributed by atoms with Crippen LogP contribution in [0.3, 0.4) is 0 Å². The maximum absolute atomic E-state index is 5.91. The van der Waals surface area contributed by atoms with Crippen LogP contribution in [0.25, 0.3) is 16.7 Å². The van der Waals surface area contributed by atoms with E-state index >= 15 is 0 Å². The zero-order valence-electron chi connectivity index (χ0n) is 15.9. The summed E-state index contributed by atoms with van der Waals surface area (Å²) in [5, 5.41) is 6.25. The number of nitrogens with zero attached hydrogens (tertiary/aromatic N) is 5. The van der Waals surface area contributed by atoms with Gasteiger partial charge in [-0.3, -0.25) is 0 Å². The lowest BCUT2D eigenvalue weighted by molar-refractivity contribution is 0.296. The summed E-state index contributed by atoms with van der Waals surface area (Å²) in [7, 11) is 0. The molecule has 0 saturated carbocycles. The van der Waals surface area contributed by atoms with E-state index in [1.165, 1.54) is 11.3 Å². The summed E-state index contributed by atoms with van der Waals surface area (Å²) in [4.78, 5) is 9.37. The molecule has 0 aliphatic rings. The van der Waals surface area contributed by atoms with Crippen molar-refractivity contribution in [2.45, 2.75) is 40.8 Å². The van der Waals surface area contributed by atoms with Crippen LogP contribution in [0, 0.1) is 19.8 Å². The Labute approximate surface area is 162 Å². The highest BCUT2D eigenvalue weighted by Gasteiger charge is 2.18. The predicted octanol–water partition coefficient (Wildman–Crippen LogP) is 4.58. The number of rotatable bonds is 5. The lowest BCUT2D eigenvalue weighted by atomic mass is 10.2. The zero-order valence-corrected chi connectivity index (χ0v) is 16.7. The van der Waals surface area contributed by atoms with E-state index in [2.05, 4.69) is 42.3 Å². The third kappa shape index (κ3) is 3.25. The molecule has 0 spiro atoms. The molecule has 4 aromatic rings. The fourth-order valence-corrected chi connectivity index (χ4v) is 3.43. The highest BCUT2D eigenvalue weighted by molar-refractivity contribution is 6.30. The minimum absolute atomic E-state index is 0.287. The van der Waals surface area contributed by atoms with Gasteiger partial charge in [0.2, 0.25) is 0 Å². The Morgan fingerprint density at radius 1 is 1.11 bits per heavy atom. The summed E-state index contributed by atoms with van der Waals surface area (Å²) in [6.07, 6.45) is 1.73. The second kappa shape index (κ2) is 6.85. The third-order valence-corrected chi connectivity index (χ3v) is 4.97. The van der Waals surface area contributed by atoms with Gasteiger partial charge in [0.15, 0.2) is 11.5 Å². The normalized spacial score (nSPS) is 11.8. The highest BCUT2D eigenvalue weighted by atomic mass is 35.5. The van der Waals surface area contributed by atoms with Crippen LogP contribution in [0.15, 0.2) is 30.6 Å². The average Bonchev–Trinajstić information content (AvgIpc) is 3.15. The molecule has 1 aromatic carbocycles. The Morgan fingerprint density at radius 3 is 2.56 bits per heavy atom. The van der Waals surface area contributed by atoms with Crippen LogP contribution in [0.1, 0.15) is 30.9 Å². The van der Waals surface area contributed by atoms with Gasteiger partial charge in [-0.05, 0) is 49.6 Å². The highest BCUT2D eigenvalue weighted by Crippen LogP contribution is 2.27. The molecule has 140 valence electrons. The van der Waals surface area contributed by atoms with Crippen LogP contribution in [0.5, 0.6) is 5.75 Å². The van der Waals surface area contributed by atoms with E-state index in [9.17, 15) is 0 Å². The molecule has 0 radical (unpaired) electrons. The molecule has 4 rings (SSSR count).